The molecule has 9 heavy (non-hydrogen) atoms. The van der Waals surface area contributed by atoms with Crippen molar-refractivity contribution in [3.05, 3.63) is 0 Å². The van der Waals surface area contributed by atoms with Crippen LogP contribution in [0.3, 0.4) is 0 Å². The minimum Gasteiger partial charge on any atom is -0.394 e. The summed E-state index contributed by atoms with van der Waals surface area (Å²) in [6.45, 7) is -1.87. The standard InChI is InChI=1S/C2H6O3.C2H6O2/c1-5-2(3)4;3-1-2-4/h2-4H,1H3;3-4H,1-2H2. The van der Waals surface area contributed by atoms with E-state index in [1.165, 1.54) is 7.11 Å². The molecule has 0 rings (SSSR count). The van der Waals surface area contributed by atoms with Crippen LogP contribution < -0.4 is 0 Å². The van der Waals surface area contributed by atoms with E-state index >= 15 is 0 Å². The lowest BCUT2D eigenvalue weighted by molar-refractivity contribution is -0.218. The summed E-state index contributed by atoms with van der Waals surface area (Å²) in [5, 5.41) is 30.6. The van der Waals surface area contributed by atoms with Gasteiger partial charge in [-0.2, -0.15) is 0 Å². The number of aliphatic hydroxyl groups excluding tert-OH is 3. The summed E-state index contributed by atoms with van der Waals surface area (Å²) >= 11 is 0. The molecule has 0 fully saturated rings. The van der Waals surface area contributed by atoms with Crippen molar-refractivity contribution < 1.29 is 25.2 Å². The second-order valence-electron chi connectivity index (χ2n) is 1.01. The zero-order valence-electron chi connectivity index (χ0n) is 5.19. The summed E-state index contributed by atoms with van der Waals surface area (Å²) in [6, 6.07) is 0. The van der Waals surface area contributed by atoms with Crippen molar-refractivity contribution in [2.45, 2.75) is 6.48 Å². The number of hydrogen-bond acceptors (Lipinski definition) is 5. The normalized spacial score (nSPS) is 8.67. The molecule has 0 saturated carbocycles. The van der Waals surface area contributed by atoms with E-state index in [9.17, 15) is 0 Å². The molecule has 0 aliphatic carbocycles. The lowest BCUT2D eigenvalue weighted by atomic mass is 10.8. The van der Waals surface area contributed by atoms with Gasteiger partial charge in [-0.25, -0.2) is 0 Å². The predicted octanol–water partition coefficient (Wildman–Crippen LogP) is -2.13. The van der Waals surface area contributed by atoms with Gasteiger partial charge in [0.15, 0.2) is 0 Å². The van der Waals surface area contributed by atoms with Crippen molar-refractivity contribution in [1.82, 2.24) is 0 Å². The van der Waals surface area contributed by atoms with Crippen LogP contribution in [0.4, 0.5) is 0 Å². The van der Waals surface area contributed by atoms with E-state index in [0.29, 0.717) is 0 Å². The molecule has 58 valence electrons. The number of rotatable bonds is 2. The molecule has 0 atom stereocenters. The molecule has 0 aromatic carbocycles. The van der Waals surface area contributed by atoms with Crippen molar-refractivity contribution >= 4 is 0 Å². The quantitative estimate of drug-likeness (QED) is 0.329. The van der Waals surface area contributed by atoms with Crippen LogP contribution in [0.2, 0.25) is 0 Å². The number of ether oxygens (including phenoxy) is 1. The smallest absolute Gasteiger partial charge is 0.266 e. The molecule has 5 nitrogen and oxygen atoms in total. The van der Waals surface area contributed by atoms with Gasteiger partial charge in [0.2, 0.25) is 0 Å². The highest BCUT2D eigenvalue weighted by Crippen LogP contribution is 1.66. The van der Waals surface area contributed by atoms with Crippen LogP contribution >= 0.6 is 0 Å². The molecule has 0 aliphatic heterocycles. The molecule has 0 amide bonds. The largest absolute Gasteiger partial charge is 0.394 e. The van der Waals surface area contributed by atoms with Crippen molar-refractivity contribution in [3.8, 4) is 0 Å². The molecule has 0 aromatic heterocycles. The summed E-state index contributed by atoms with van der Waals surface area (Å²) in [6.07, 6.45) is 0. The van der Waals surface area contributed by atoms with Crippen LogP contribution in [0.25, 0.3) is 0 Å². The van der Waals surface area contributed by atoms with Crippen molar-refractivity contribution in [3.63, 3.8) is 0 Å². The average Bonchev–Trinajstić information content (AvgIpc) is 1.89. The molecular formula is C4H12O5. The predicted molar refractivity (Wildman–Crippen MR) is 29.4 cm³/mol. The van der Waals surface area contributed by atoms with Gasteiger partial charge in [0, 0.05) is 7.11 Å². The molecule has 0 heterocycles. The van der Waals surface area contributed by atoms with Crippen molar-refractivity contribution in [2.75, 3.05) is 20.3 Å². The Hall–Kier alpha value is -0.200. The zero-order chi connectivity index (χ0) is 7.70. The van der Waals surface area contributed by atoms with Crippen molar-refractivity contribution in [1.29, 1.82) is 0 Å². The maximum Gasteiger partial charge on any atom is 0.266 e. The fourth-order valence-corrected chi connectivity index (χ4v) is 0. The first-order chi connectivity index (χ1) is 4.18. The molecule has 0 bridgehead atoms. The first-order valence-electron chi connectivity index (χ1n) is 2.29. The minimum atomic E-state index is -1.62. The summed E-state index contributed by atoms with van der Waals surface area (Å²) < 4.78 is 3.86. The van der Waals surface area contributed by atoms with E-state index in [2.05, 4.69) is 4.74 Å². The SMILES string of the molecule is COC(O)O.OCCO. The molecule has 0 aliphatic rings. The summed E-state index contributed by atoms with van der Waals surface area (Å²) in [7, 11) is 1.20. The molecule has 0 aromatic rings. The van der Waals surface area contributed by atoms with E-state index in [1.54, 1.807) is 0 Å². The van der Waals surface area contributed by atoms with Crippen LogP contribution in [0.15, 0.2) is 0 Å². The summed E-state index contributed by atoms with van der Waals surface area (Å²) in [5.41, 5.74) is 0. The van der Waals surface area contributed by atoms with Crippen LogP contribution in [-0.2, 0) is 4.74 Å². The van der Waals surface area contributed by atoms with Gasteiger partial charge in [-0.05, 0) is 0 Å². The van der Waals surface area contributed by atoms with Crippen LogP contribution in [0.5, 0.6) is 0 Å². The Bertz CT molecular complexity index is 35.9. The summed E-state index contributed by atoms with van der Waals surface area (Å²) in [5.74, 6) is 0. The van der Waals surface area contributed by atoms with Crippen LogP contribution in [-0.4, -0.2) is 47.2 Å². The third-order valence-corrected chi connectivity index (χ3v) is 0.311. The summed E-state index contributed by atoms with van der Waals surface area (Å²) in [4.78, 5) is 0. The van der Waals surface area contributed by atoms with Gasteiger partial charge in [0.05, 0.1) is 13.2 Å². The fourth-order valence-electron chi connectivity index (χ4n) is 0. The Balaban J connectivity index is 0. The maximum atomic E-state index is 7.69. The van der Waals surface area contributed by atoms with E-state index in [0.717, 1.165) is 0 Å². The maximum absolute atomic E-state index is 7.69. The number of hydrogen-bond donors (Lipinski definition) is 4. The van der Waals surface area contributed by atoms with E-state index in [1.807, 2.05) is 0 Å². The van der Waals surface area contributed by atoms with E-state index in [4.69, 9.17) is 20.4 Å². The third kappa shape index (κ3) is 33.5. The Kier molecular flexibility index (Phi) is 13.8. The van der Waals surface area contributed by atoms with E-state index in [-0.39, 0.29) is 13.2 Å². The van der Waals surface area contributed by atoms with Gasteiger partial charge in [0.1, 0.15) is 0 Å². The monoisotopic (exact) mass is 140 g/mol. The number of aliphatic hydroxyl groups is 4. The topological polar surface area (TPSA) is 90.2 Å². The molecule has 0 saturated heterocycles. The van der Waals surface area contributed by atoms with Gasteiger partial charge in [-0.15, -0.1) is 0 Å². The minimum absolute atomic E-state index is 0.125. The second kappa shape index (κ2) is 10.7. The molecular weight excluding hydrogens is 128 g/mol. The Morgan fingerprint density at radius 1 is 1.22 bits per heavy atom. The fraction of sp³-hybridized carbons (Fsp3) is 1.00. The molecule has 0 unspecified atom stereocenters. The Labute approximate surface area is 53.1 Å². The first-order valence-corrected chi connectivity index (χ1v) is 2.29. The second-order valence-corrected chi connectivity index (χ2v) is 1.01. The van der Waals surface area contributed by atoms with Crippen LogP contribution in [0.1, 0.15) is 0 Å². The van der Waals surface area contributed by atoms with Gasteiger partial charge in [0.25, 0.3) is 6.48 Å². The highest BCUT2D eigenvalue weighted by Gasteiger charge is 1.82. The van der Waals surface area contributed by atoms with Gasteiger partial charge in [-0.1, -0.05) is 0 Å². The van der Waals surface area contributed by atoms with Gasteiger partial charge < -0.3 is 25.2 Å². The first kappa shape index (κ1) is 11.6. The molecule has 0 radical (unpaired) electrons. The van der Waals surface area contributed by atoms with Gasteiger partial charge >= 0.3 is 0 Å². The van der Waals surface area contributed by atoms with Crippen molar-refractivity contribution in [2.24, 2.45) is 0 Å². The van der Waals surface area contributed by atoms with Gasteiger partial charge in [-0.3, -0.25) is 0 Å². The highest BCUT2D eigenvalue weighted by atomic mass is 16.7. The zero-order valence-corrected chi connectivity index (χ0v) is 5.19. The molecule has 4 N–H and O–H groups in total. The highest BCUT2D eigenvalue weighted by molar-refractivity contribution is 4.06. The number of methoxy groups -OCH3 is 1. The van der Waals surface area contributed by atoms with E-state index < -0.39 is 6.48 Å². The molecule has 0 spiro atoms. The third-order valence-electron chi connectivity index (χ3n) is 0.311. The lowest BCUT2D eigenvalue weighted by Gasteiger charge is -1.92. The average molecular weight is 140 g/mol. The molecule has 5 heteroatoms. The Morgan fingerprint density at radius 2 is 1.44 bits per heavy atom. The Morgan fingerprint density at radius 3 is 1.44 bits per heavy atom. The lowest BCUT2D eigenvalue weighted by Crippen LogP contribution is -2.04. The van der Waals surface area contributed by atoms with Crippen LogP contribution in [0, 0.1) is 0 Å².